The van der Waals surface area contributed by atoms with Crippen LogP contribution in [0.4, 0.5) is 14.5 Å². The Bertz CT molecular complexity index is 1790. The summed E-state index contributed by atoms with van der Waals surface area (Å²) in [7, 11) is 0. The zero-order chi connectivity index (χ0) is 36.2. The first-order valence-corrected chi connectivity index (χ1v) is 14.6. The number of hydrogen-bond acceptors (Lipinski definition) is 5. The predicted molar refractivity (Wildman–Crippen MR) is 166 cm³/mol. The predicted octanol–water partition coefficient (Wildman–Crippen LogP) is 5.75. The number of hydrogen-bond donors (Lipinski definition) is 1. The number of rotatable bonds is 6. The summed E-state index contributed by atoms with van der Waals surface area (Å²) in [5, 5.41) is 2.91. The lowest BCUT2D eigenvalue weighted by Crippen LogP contribution is -2.44. The fourth-order valence-corrected chi connectivity index (χ4v) is 6.09. The Balaban J connectivity index is 1.28. The number of ether oxygens (including phenoxy) is 1. The molecule has 2 fully saturated rings. The first-order valence-electron chi connectivity index (χ1n) is 18.1. The van der Waals surface area contributed by atoms with Crippen molar-refractivity contribution in [3.05, 3.63) is 99.6 Å². The summed E-state index contributed by atoms with van der Waals surface area (Å²) in [6.07, 6.45) is -1.11. The Morgan fingerprint density at radius 1 is 1.09 bits per heavy atom. The number of amides is 1. The molecule has 3 aromatic carbocycles. The van der Waals surface area contributed by atoms with Crippen molar-refractivity contribution < 1.29 is 27.9 Å². The number of nitrogens with zero attached hydrogens (tertiary/aromatic N) is 3. The van der Waals surface area contributed by atoms with Crippen LogP contribution in [0.1, 0.15) is 74.5 Å². The van der Waals surface area contributed by atoms with Crippen molar-refractivity contribution in [2.75, 3.05) is 44.6 Å². The highest BCUT2D eigenvalue weighted by Gasteiger charge is 2.30. The molecule has 6 rings (SSSR count). The molecule has 1 atom stereocenters. The molecule has 3 heterocycles. The maximum atomic E-state index is 14.0. The van der Waals surface area contributed by atoms with Crippen molar-refractivity contribution in [1.82, 2.24) is 10.2 Å². The Hall–Kier alpha value is -3.62. The Kier molecular flexibility index (Phi) is 6.22. The van der Waals surface area contributed by atoms with Crippen molar-refractivity contribution in [3.8, 4) is 0 Å². The monoisotopic (exact) mass is 593 g/mol. The highest BCUT2D eigenvalue weighted by atomic mass is 19.1. The standard InChI is InChI=1S/C35H40F2N4O2/c1-35(2)21-24(8-13-43-35)15-27-19-30(41-11-9-40(3)10-12-41)6-7-31(27)34(42)39-33-32-18-23(4-5-26(32)22-38-33)14-25-16-28(36)20-29(37)17-25/h4-7,16-20,24H,8-15,21-22H2,1-3H3,(H,38,39,42)/i3D3,13D2,14D2. The van der Waals surface area contributed by atoms with E-state index in [2.05, 4.69) is 15.2 Å². The minimum absolute atomic E-state index is 0.134. The summed E-state index contributed by atoms with van der Waals surface area (Å²) in [6, 6.07) is 12.8. The number of fused-ring (bicyclic) bond motifs is 1. The number of aliphatic imine (C=N–C) groups is 1. The third kappa shape index (κ3) is 6.97. The lowest BCUT2D eigenvalue weighted by atomic mass is 9.83. The molecule has 0 aliphatic carbocycles. The van der Waals surface area contributed by atoms with Crippen LogP contribution in [0.2, 0.25) is 0 Å². The number of amidine groups is 1. The van der Waals surface area contributed by atoms with E-state index in [-0.39, 0.29) is 35.8 Å². The van der Waals surface area contributed by atoms with Crippen LogP contribution in [0.25, 0.3) is 0 Å². The van der Waals surface area contributed by atoms with Gasteiger partial charge in [-0.3, -0.25) is 9.79 Å². The van der Waals surface area contributed by atoms with E-state index in [1.807, 2.05) is 26.0 Å². The number of halogens is 2. The number of benzene rings is 3. The van der Waals surface area contributed by atoms with E-state index in [1.54, 1.807) is 24.3 Å². The second-order valence-electron chi connectivity index (χ2n) is 12.1. The van der Waals surface area contributed by atoms with Crippen LogP contribution in [-0.4, -0.2) is 62.0 Å². The summed E-state index contributed by atoms with van der Waals surface area (Å²) in [5.74, 6) is -2.11. The molecule has 1 unspecified atom stereocenters. The smallest absolute Gasteiger partial charge is 0.257 e. The highest BCUT2D eigenvalue weighted by molar-refractivity contribution is 6.14. The molecule has 0 spiro atoms. The molecule has 6 nitrogen and oxygen atoms in total. The average molecular weight is 594 g/mol. The lowest BCUT2D eigenvalue weighted by Gasteiger charge is -2.36. The molecule has 43 heavy (non-hydrogen) atoms. The molecule has 8 heteroatoms. The van der Waals surface area contributed by atoms with Crippen LogP contribution < -0.4 is 10.2 Å². The van der Waals surface area contributed by atoms with E-state index in [0.717, 1.165) is 23.4 Å². The number of nitrogens with one attached hydrogen (secondary N) is 1. The highest BCUT2D eigenvalue weighted by Crippen LogP contribution is 2.33. The number of carbonyl (C=O) groups excluding carboxylic acids is 1. The van der Waals surface area contributed by atoms with Gasteiger partial charge in [0.2, 0.25) is 0 Å². The van der Waals surface area contributed by atoms with Crippen molar-refractivity contribution >= 4 is 17.4 Å². The molecule has 226 valence electrons. The van der Waals surface area contributed by atoms with Crippen LogP contribution in [0.5, 0.6) is 0 Å². The lowest BCUT2D eigenvalue weighted by molar-refractivity contribution is -0.0721. The van der Waals surface area contributed by atoms with Gasteiger partial charge in [-0.2, -0.15) is 0 Å². The largest absolute Gasteiger partial charge is 0.376 e. The number of piperazine rings is 1. The van der Waals surface area contributed by atoms with E-state index < -0.39 is 43.1 Å². The Morgan fingerprint density at radius 3 is 2.63 bits per heavy atom. The molecular weight excluding hydrogens is 546 g/mol. The molecular formula is C35H40F2N4O2. The molecule has 1 N–H and O–H groups in total. The maximum Gasteiger partial charge on any atom is 0.257 e. The van der Waals surface area contributed by atoms with Gasteiger partial charge >= 0.3 is 0 Å². The van der Waals surface area contributed by atoms with Gasteiger partial charge in [0, 0.05) is 62.5 Å². The second kappa shape index (κ2) is 12.2. The van der Waals surface area contributed by atoms with Crippen LogP contribution in [0, 0.1) is 17.6 Å². The van der Waals surface area contributed by atoms with Gasteiger partial charge in [0.25, 0.3) is 5.91 Å². The van der Waals surface area contributed by atoms with Crippen molar-refractivity contribution in [3.63, 3.8) is 0 Å². The van der Waals surface area contributed by atoms with Crippen molar-refractivity contribution in [1.29, 1.82) is 0 Å². The van der Waals surface area contributed by atoms with Crippen LogP contribution in [0.3, 0.4) is 0 Å². The van der Waals surface area contributed by atoms with Gasteiger partial charge in [-0.25, -0.2) is 8.78 Å². The van der Waals surface area contributed by atoms with Crippen LogP contribution >= 0.6 is 0 Å². The molecule has 0 radical (unpaired) electrons. The van der Waals surface area contributed by atoms with E-state index in [4.69, 9.17) is 14.3 Å². The van der Waals surface area contributed by atoms with E-state index in [1.165, 1.54) is 4.90 Å². The third-order valence-electron chi connectivity index (χ3n) is 8.14. The van der Waals surface area contributed by atoms with Gasteiger partial charge in [0.1, 0.15) is 17.5 Å². The molecule has 0 aromatic heterocycles. The first kappa shape index (κ1) is 22.0. The molecule has 0 saturated carbocycles. The van der Waals surface area contributed by atoms with Gasteiger partial charge < -0.3 is 19.9 Å². The molecule has 3 aromatic rings. The average Bonchev–Trinajstić information content (AvgIpc) is 3.40. The van der Waals surface area contributed by atoms with E-state index >= 15 is 0 Å². The summed E-state index contributed by atoms with van der Waals surface area (Å²) in [5.41, 5.74) is 2.42. The molecule has 2 saturated heterocycles. The van der Waals surface area contributed by atoms with E-state index in [9.17, 15) is 13.6 Å². The minimum atomic E-state index is -2.24. The third-order valence-corrected chi connectivity index (χ3v) is 8.14. The van der Waals surface area contributed by atoms with Crippen LogP contribution in [0.15, 0.2) is 59.6 Å². The summed E-state index contributed by atoms with van der Waals surface area (Å²) >= 11 is 0. The first-order chi connectivity index (χ1) is 23.3. The number of anilines is 1. The molecule has 0 bridgehead atoms. The van der Waals surface area contributed by atoms with Gasteiger partial charge in [-0.05, 0) is 111 Å². The number of carbonyl (C=O) groups is 1. The normalized spacial score (nSPS) is 24.3. The number of likely N-dealkylation sites (N-methyl/N-ethyl adjacent to an activating group) is 1. The van der Waals surface area contributed by atoms with Gasteiger partial charge in [0.15, 0.2) is 0 Å². The topological polar surface area (TPSA) is 57.2 Å². The quantitative estimate of drug-likeness (QED) is 0.396. The summed E-state index contributed by atoms with van der Waals surface area (Å²) in [6.45, 7) is 1.64. The minimum Gasteiger partial charge on any atom is -0.376 e. The van der Waals surface area contributed by atoms with Crippen LogP contribution in [-0.2, 0) is 24.1 Å². The van der Waals surface area contributed by atoms with Gasteiger partial charge in [0.05, 0.1) is 14.9 Å². The van der Waals surface area contributed by atoms with Gasteiger partial charge in [-0.15, -0.1) is 0 Å². The molecule has 3 aliphatic heterocycles. The van der Waals surface area contributed by atoms with E-state index in [0.29, 0.717) is 61.8 Å². The maximum absolute atomic E-state index is 14.0. The Labute approximate surface area is 262 Å². The summed E-state index contributed by atoms with van der Waals surface area (Å²) < 4.78 is 91.0. The fraction of sp³-hybridized carbons (Fsp3) is 0.429. The van der Waals surface area contributed by atoms with Crippen molar-refractivity contribution in [2.45, 2.75) is 51.6 Å². The van der Waals surface area contributed by atoms with Crippen molar-refractivity contribution in [2.24, 2.45) is 10.9 Å². The second-order valence-corrected chi connectivity index (χ2v) is 12.1. The zero-order valence-electron chi connectivity index (χ0n) is 31.3. The zero-order valence-corrected chi connectivity index (χ0v) is 24.3. The molecule has 1 amide bonds. The summed E-state index contributed by atoms with van der Waals surface area (Å²) in [4.78, 5) is 22.1. The SMILES string of the molecule is [2H]C1([2H])CC(Cc2cc(N3CCN(C([2H])([2H])[2H])CC3)ccc2C(=O)NC2=NCc3ccc(C([2H])([2H])c4cc(F)cc(F)c4)cc32)CC(C)(C)O1. The molecule has 3 aliphatic rings. The Morgan fingerprint density at radius 2 is 1.88 bits per heavy atom. The fourth-order valence-electron chi connectivity index (χ4n) is 6.09. The van der Waals surface area contributed by atoms with Gasteiger partial charge in [-0.1, -0.05) is 12.1 Å².